The third-order valence-corrected chi connectivity index (χ3v) is 7.74. The maximum absolute atomic E-state index is 13.8. The van der Waals surface area contributed by atoms with Crippen molar-refractivity contribution in [2.24, 2.45) is 0 Å². The van der Waals surface area contributed by atoms with Crippen molar-refractivity contribution in [1.29, 1.82) is 0 Å². The molecule has 3 aromatic carbocycles. The Hall–Kier alpha value is -3.59. The van der Waals surface area contributed by atoms with Crippen molar-refractivity contribution in [3.63, 3.8) is 0 Å². The Morgan fingerprint density at radius 3 is 2.51 bits per heavy atom. The van der Waals surface area contributed by atoms with Crippen molar-refractivity contribution in [2.75, 3.05) is 34.2 Å². The van der Waals surface area contributed by atoms with Crippen LogP contribution >= 0.6 is 0 Å². The van der Waals surface area contributed by atoms with E-state index in [0.29, 0.717) is 30.9 Å². The summed E-state index contributed by atoms with van der Waals surface area (Å²) in [5.74, 6) is -1.84. The average molecular weight is 498 g/mol. The molecule has 0 aromatic heterocycles. The lowest BCUT2D eigenvalue weighted by Gasteiger charge is -2.43. The van der Waals surface area contributed by atoms with Crippen molar-refractivity contribution in [3.8, 4) is 0 Å². The van der Waals surface area contributed by atoms with Gasteiger partial charge in [0.15, 0.2) is 0 Å². The zero-order valence-corrected chi connectivity index (χ0v) is 20.6. The first-order valence-corrected chi connectivity index (χ1v) is 12.8. The van der Waals surface area contributed by atoms with Gasteiger partial charge in [-0.05, 0) is 74.4 Å². The molecular formula is C26H28FN3O4S. The Morgan fingerprint density at radius 1 is 1.06 bits per heavy atom. The first kappa shape index (κ1) is 24.5. The summed E-state index contributed by atoms with van der Waals surface area (Å²) in [7, 11) is -4.16. The molecule has 1 fully saturated rings. The number of nitrogens with zero attached hydrogens (tertiary/aromatic N) is 2. The number of rotatable bonds is 6. The largest absolute Gasteiger partial charge is 0.478 e. The summed E-state index contributed by atoms with van der Waals surface area (Å²) < 4.78 is 42.7. The monoisotopic (exact) mass is 497 g/mol. The predicted octanol–water partition coefficient (Wildman–Crippen LogP) is 4.66. The summed E-state index contributed by atoms with van der Waals surface area (Å²) in [5.41, 5.74) is 3.35. The zero-order valence-electron chi connectivity index (χ0n) is 19.8. The van der Waals surface area contributed by atoms with Gasteiger partial charge in [-0.25, -0.2) is 17.6 Å². The normalized spacial score (nSPS) is 16.3. The number of halogens is 1. The molecule has 184 valence electrons. The Balaban J connectivity index is 1.66. The number of benzene rings is 3. The standard InChI is InChI=1S/C26H28FN3O4S/c1-17-5-4-6-22(13-17)30-12-11-29(16-19(30)3)24-10-8-20(26(31)32)14-23(24)28-35(33,34)25-15-21(27)9-7-18(25)2/h4-10,13-15,19,28H,11-12,16H2,1-3H3,(H,31,32)/t19-/m0/s1. The van der Waals surface area contributed by atoms with Crippen LogP contribution < -0.4 is 14.5 Å². The van der Waals surface area contributed by atoms with E-state index in [1.54, 1.807) is 13.0 Å². The third-order valence-electron chi connectivity index (χ3n) is 6.23. The minimum atomic E-state index is -4.16. The Labute approximate surface area is 204 Å². The zero-order chi connectivity index (χ0) is 25.3. The fourth-order valence-electron chi connectivity index (χ4n) is 4.46. The Bertz CT molecular complexity index is 1380. The molecule has 0 radical (unpaired) electrons. The molecule has 0 bridgehead atoms. The van der Waals surface area contributed by atoms with Crippen LogP contribution in [0.1, 0.15) is 28.4 Å². The SMILES string of the molecule is Cc1cccc(N2CCN(c3ccc(C(=O)O)cc3NS(=O)(=O)c3cc(F)ccc3C)C[C@@H]2C)c1. The Kier molecular flexibility index (Phi) is 6.71. The van der Waals surface area contributed by atoms with E-state index < -0.39 is 21.8 Å². The van der Waals surface area contributed by atoms with Crippen LogP contribution in [-0.4, -0.2) is 45.2 Å². The van der Waals surface area contributed by atoms with Gasteiger partial charge in [-0.1, -0.05) is 18.2 Å². The maximum atomic E-state index is 13.8. The van der Waals surface area contributed by atoms with Crippen LogP contribution in [0.15, 0.2) is 65.6 Å². The lowest BCUT2D eigenvalue weighted by atomic mass is 10.1. The lowest BCUT2D eigenvalue weighted by molar-refractivity contribution is 0.0697. The molecule has 1 aliphatic rings. The van der Waals surface area contributed by atoms with Gasteiger partial charge in [-0.2, -0.15) is 0 Å². The summed E-state index contributed by atoms with van der Waals surface area (Å²) in [5, 5.41) is 9.48. The smallest absolute Gasteiger partial charge is 0.335 e. The molecule has 0 aliphatic carbocycles. The van der Waals surface area contributed by atoms with Crippen molar-refractivity contribution < 1.29 is 22.7 Å². The van der Waals surface area contributed by atoms with Gasteiger partial charge in [0.25, 0.3) is 10.0 Å². The lowest BCUT2D eigenvalue weighted by Crippen LogP contribution is -2.52. The van der Waals surface area contributed by atoms with E-state index in [0.717, 1.165) is 11.8 Å². The van der Waals surface area contributed by atoms with Crippen molar-refractivity contribution in [1.82, 2.24) is 0 Å². The van der Waals surface area contributed by atoms with Crippen molar-refractivity contribution in [2.45, 2.75) is 31.7 Å². The number of carbonyl (C=O) groups is 1. The molecule has 1 atom stereocenters. The number of aryl methyl sites for hydroxylation is 2. The molecule has 0 amide bonds. The highest BCUT2D eigenvalue weighted by molar-refractivity contribution is 7.92. The summed E-state index contributed by atoms with van der Waals surface area (Å²) in [6.07, 6.45) is 0. The van der Waals surface area contributed by atoms with Crippen LogP contribution in [-0.2, 0) is 10.0 Å². The van der Waals surface area contributed by atoms with Crippen LogP contribution in [0, 0.1) is 19.7 Å². The number of carboxylic acid groups (broad SMARTS) is 1. The molecule has 1 aliphatic heterocycles. The molecule has 0 unspecified atom stereocenters. The van der Waals surface area contributed by atoms with Gasteiger partial charge >= 0.3 is 5.97 Å². The van der Waals surface area contributed by atoms with Crippen LogP contribution in [0.3, 0.4) is 0 Å². The van der Waals surface area contributed by atoms with Crippen LogP contribution in [0.4, 0.5) is 21.5 Å². The quantitative estimate of drug-likeness (QED) is 0.515. The maximum Gasteiger partial charge on any atom is 0.335 e. The van der Waals surface area contributed by atoms with Crippen LogP contribution in [0.2, 0.25) is 0 Å². The van der Waals surface area contributed by atoms with Gasteiger partial charge in [0.05, 0.1) is 21.8 Å². The van der Waals surface area contributed by atoms with Gasteiger partial charge < -0.3 is 14.9 Å². The fraction of sp³-hybridized carbons (Fsp3) is 0.269. The van der Waals surface area contributed by atoms with Gasteiger partial charge in [0, 0.05) is 31.4 Å². The number of piperazine rings is 1. The highest BCUT2D eigenvalue weighted by Gasteiger charge is 2.27. The first-order chi connectivity index (χ1) is 16.5. The van der Waals surface area contributed by atoms with Gasteiger partial charge in [0.1, 0.15) is 5.82 Å². The van der Waals surface area contributed by atoms with E-state index in [9.17, 15) is 22.7 Å². The van der Waals surface area contributed by atoms with Gasteiger partial charge in [0.2, 0.25) is 0 Å². The number of carboxylic acids is 1. The minimum Gasteiger partial charge on any atom is -0.478 e. The molecule has 4 rings (SSSR count). The fourth-order valence-corrected chi connectivity index (χ4v) is 5.78. The molecule has 1 heterocycles. The van der Waals surface area contributed by atoms with E-state index in [1.165, 1.54) is 29.8 Å². The summed E-state index contributed by atoms with van der Waals surface area (Å²) in [6, 6.07) is 16.3. The van der Waals surface area contributed by atoms with Crippen molar-refractivity contribution in [3.05, 3.63) is 83.2 Å². The van der Waals surface area contributed by atoms with E-state index in [2.05, 4.69) is 28.7 Å². The number of anilines is 3. The van der Waals surface area contributed by atoms with Crippen LogP contribution in [0.5, 0.6) is 0 Å². The van der Waals surface area contributed by atoms with E-state index in [1.807, 2.05) is 24.0 Å². The van der Waals surface area contributed by atoms with Crippen molar-refractivity contribution >= 4 is 33.1 Å². The highest BCUT2D eigenvalue weighted by Crippen LogP contribution is 2.33. The molecule has 9 heteroatoms. The molecule has 0 saturated carbocycles. The van der Waals surface area contributed by atoms with Gasteiger partial charge in [-0.15, -0.1) is 0 Å². The molecule has 1 saturated heterocycles. The summed E-state index contributed by atoms with van der Waals surface area (Å²) in [6.45, 7) is 7.65. The number of hydrogen-bond donors (Lipinski definition) is 2. The second-order valence-corrected chi connectivity index (χ2v) is 10.5. The predicted molar refractivity (Wildman–Crippen MR) is 136 cm³/mol. The summed E-state index contributed by atoms with van der Waals surface area (Å²) in [4.78, 5) is 15.8. The highest BCUT2D eigenvalue weighted by atomic mass is 32.2. The average Bonchev–Trinajstić information content (AvgIpc) is 2.80. The molecule has 3 aromatic rings. The number of nitrogens with one attached hydrogen (secondary N) is 1. The molecule has 7 nitrogen and oxygen atoms in total. The first-order valence-electron chi connectivity index (χ1n) is 11.3. The van der Waals surface area contributed by atoms with E-state index in [4.69, 9.17) is 0 Å². The number of aromatic carboxylic acids is 1. The molecular weight excluding hydrogens is 469 g/mol. The third kappa shape index (κ3) is 5.24. The Morgan fingerprint density at radius 2 is 1.83 bits per heavy atom. The molecule has 0 spiro atoms. The summed E-state index contributed by atoms with van der Waals surface area (Å²) >= 11 is 0. The van der Waals surface area contributed by atoms with E-state index in [-0.39, 0.29) is 22.2 Å². The molecule has 2 N–H and O–H groups in total. The number of sulfonamides is 1. The van der Waals surface area contributed by atoms with E-state index >= 15 is 0 Å². The second-order valence-electron chi connectivity index (χ2n) is 8.88. The van der Waals surface area contributed by atoms with Crippen LogP contribution in [0.25, 0.3) is 0 Å². The topological polar surface area (TPSA) is 89.9 Å². The second kappa shape index (κ2) is 9.58. The number of hydrogen-bond acceptors (Lipinski definition) is 5. The molecule has 35 heavy (non-hydrogen) atoms. The minimum absolute atomic E-state index is 0.0474. The van der Waals surface area contributed by atoms with Gasteiger partial charge in [-0.3, -0.25) is 4.72 Å².